The number of ether oxygens (including phenoxy) is 1. The van der Waals surface area contributed by atoms with Crippen molar-refractivity contribution in [1.29, 1.82) is 0 Å². The van der Waals surface area contributed by atoms with Crippen LogP contribution in [-0.4, -0.2) is 33.1 Å². The van der Waals surface area contributed by atoms with Gasteiger partial charge in [0.05, 0.1) is 0 Å². The van der Waals surface area contributed by atoms with E-state index in [1.165, 1.54) is 12.7 Å². The molecule has 0 N–H and O–H groups in total. The van der Waals surface area contributed by atoms with Crippen molar-refractivity contribution in [3.63, 3.8) is 0 Å². The molecule has 0 atom stereocenters. The summed E-state index contributed by atoms with van der Waals surface area (Å²) in [7, 11) is 1.39. The molecule has 0 amide bonds. The van der Waals surface area contributed by atoms with E-state index in [0.29, 0.717) is 5.56 Å². The zero-order valence-electron chi connectivity index (χ0n) is 10.2. The number of carbonyl (C=O) groups is 1. The Balaban J connectivity index is 2.85. The van der Waals surface area contributed by atoms with Crippen LogP contribution in [0.15, 0.2) is 24.3 Å². The average molecular weight is 305 g/mol. The molecule has 0 radical (unpaired) electrons. The standard InChI is InChI=1S/C12H18BrO2P/c1-15-12(14)11-7-5-10(6-8-11)9-16(2,3,4)13/h5-8H,9H2,1-4H3. The van der Waals surface area contributed by atoms with Crippen LogP contribution < -0.4 is 0 Å². The van der Waals surface area contributed by atoms with Gasteiger partial charge in [-0.1, -0.05) is 0 Å². The van der Waals surface area contributed by atoms with Gasteiger partial charge in [-0.15, -0.1) is 0 Å². The van der Waals surface area contributed by atoms with Gasteiger partial charge in [0.15, 0.2) is 0 Å². The van der Waals surface area contributed by atoms with Crippen molar-refractivity contribution in [2.75, 3.05) is 27.1 Å². The van der Waals surface area contributed by atoms with E-state index < -0.39 is 5.31 Å². The number of methoxy groups -OCH3 is 1. The first-order valence-corrected chi connectivity index (χ1v) is 10.8. The van der Waals surface area contributed by atoms with Crippen LogP contribution in [0.5, 0.6) is 0 Å². The molecule has 0 saturated carbocycles. The molecule has 0 unspecified atom stereocenters. The summed E-state index contributed by atoms with van der Waals surface area (Å²) >= 11 is 3.82. The Labute approximate surface area is 105 Å². The Morgan fingerprint density at radius 2 is 1.75 bits per heavy atom. The molecule has 0 aliphatic heterocycles. The summed E-state index contributed by atoms with van der Waals surface area (Å²) in [5, 5.41) is -1.71. The molecule has 0 aliphatic rings. The number of hydrogen-bond donors (Lipinski definition) is 0. The molecule has 0 saturated heterocycles. The van der Waals surface area contributed by atoms with E-state index >= 15 is 0 Å². The number of rotatable bonds is 3. The maximum atomic E-state index is 11.2. The van der Waals surface area contributed by atoms with Gasteiger partial charge < -0.3 is 0 Å². The van der Waals surface area contributed by atoms with Gasteiger partial charge in [0, 0.05) is 0 Å². The predicted octanol–water partition coefficient (Wildman–Crippen LogP) is 3.73. The molecule has 1 aromatic carbocycles. The number of carbonyl (C=O) groups excluding carboxylic acids is 1. The molecule has 0 aliphatic carbocycles. The van der Waals surface area contributed by atoms with Crippen LogP contribution >= 0.6 is 20.8 Å². The van der Waals surface area contributed by atoms with E-state index in [2.05, 4.69) is 40.2 Å². The quantitative estimate of drug-likeness (QED) is 0.628. The molecule has 0 spiro atoms. The zero-order chi connectivity index (χ0) is 12.4. The summed E-state index contributed by atoms with van der Waals surface area (Å²) in [6.07, 6.45) is 1.02. The Morgan fingerprint density at radius 1 is 1.25 bits per heavy atom. The SMILES string of the molecule is COC(=O)c1ccc(CP(C)(C)(C)Br)cc1. The third-order valence-corrected chi connectivity index (χ3v) is 4.28. The van der Waals surface area contributed by atoms with Crippen LogP contribution in [-0.2, 0) is 10.9 Å². The molecular formula is C12H18BrO2P. The number of halogens is 1. The molecule has 0 heterocycles. The second-order valence-electron chi connectivity index (χ2n) is 5.26. The average Bonchev–Trinajstić information content (AvgIpc) is 2.14. The second kappa shape index (κ2) is 4.46. The minimum absolute atomic E-state index is 0.285. The van der Waals surface area contributed by atoms with E-state index in [1.807, 2.05) is 24.3 Å². The minimum atomic E-state index is -1.71. The predicted molar refractivity (Wildman–Crippen MR) is 75.1 cm³/mol. The van der Waals surface area contributed by atoms with E-state index in [1.54, 1.807) is 0 Å². The third-order valence-electron chi connectivity index (χ3n) is 2.09. The number of benzene rings is 1. The van der Waals surface area contributed by atoms with Gasteiger partial charge in [0.2, 0.25) is 0 Å². The molecule has 0 fully saturated rings. The van der Waals surface area contributed by atoms with Gasteiger partial charge in [-0.05, 0) is 0 Å². The zero-order valence-corrected chi connectivity index (χ0v) is 12.6. The molecule has 0 bridgehead atoms. The molecule has 1 aromatic rings. The van der Waals surface area contributed by atoms with Crippen molar-refractivity contribution in [1.82, 2.24) is 0 Å². The van der Waals surface area contributed by atoms with E-state index in [-0.39, 0.29) is 5.97 Å². The van der Waals surface area contributed by atoms with Crippen molar-refractivity contribution in [2.45, 2.75) is 6.16 Å². The second-order valence-corrected chi connectivity index (χ2v) is 19.3. The molecular weight excluding hydrogens is 287 g/mol. The summed E-state index contributed by atoms with van der Waals surface area (Å²) in [5.41, 5.74) is 1.85. The topological polar surface area (TPSA) is 26.3 Å². The van der Waals surface area contributed by atoms with Gasteiger partial charge in [0.25, 0.3) is 0 Å². The molecule has 0 aromatic heterocycles. The van der Waals surface area contributed by atoms with Gasteiger partial charge >= 0.3 is 105 Å². The molecule has 90 valence electrons. The number of hydrogen-bond acceptors (Lipinski definition) is 2. The fourth-order valence-electron chi connectivity index (χ4n) is 1.48. The van der Waals surface area contributed by atoms with Gasteiger partial charge in [-0.3, -0.25) is 0 Å². The Hall–Kier alpha value is -0.400. The Morgan fingerprint density at radius 3 is 2.12 bits per heavy atom. The first-order chi connectivity index (χ1) is 7.17. The number of esters is 1. The van der Waals surface area contributed by atoms with Gasteiger partial charge in [-0.25, -0.2) is 0 Å². The van der Waals surface area contributed by atoms with Crippen molar-refractivity contribution in [3.8, 4) is 0 Å². The van der Waals surface area contributed by atoms with Gasteiger partial charge in [-0.2, -0.15) is 0 Å². The van der Waals surface area contributed by atoms with Crippen molar-refractivity contribution in [2.24, 2.45) is 0 Å². The first kappa shape index (κ1) is 13.7. The first-order valence-electron chi connectivity index (χ1n) is 5.07. The summed E-state index contributed by atoms with van der Waals surface area (Å²) in [6.45, 7) is 6.79. The van der Waals surface area contributed by atoms with Crippen LogP contribution in [0, 0.1) is 0 Å². The Kier molecular flexibility index (Phi) is 3.81. The fraction of sp³-hybridized carbons (Fsp3) is 0.417. The summed E-state index contributed by atoms with van der Waals surface area (Å²) in [5.74, 6) is -0.285. The van der Waals surface area contributed by atoms with Gasteiger partial charge in [0.1, 0.15) is 0 Å². The van der Waals surface area contributed by atoms with E-state index in [4.69, 9.17) is 0 Å². The van der Waals surface area contributed by atoms with Crippen molar-refractivity contribution < 1.29 is 9.53 Å². The maximum absolute atomic E-state index is 11.2. The summed E-state index contributed by atoms with van der Waals surface area (Å²) in [6, 6.07) is 7.61. The molecule has 16 heavy (non-hydrogen) atoms. The third kappa shape index (κ3) is 4.63. The molecule has 2 nitrogen and oxygen atoms in total. The Bertz CT molecular complexity index is 380. The van der Waals surface area contributed by atoms with Crippen LogP contribution in [0.2, 0.25) is 0 Å². The summed E-state index contributed by atoms with van der Waals surface area (Å²) < 4.78 is 4.66. The van der Waals surface area contributed by atoms with Crippen LogP contribution in [0.1, 0.15) is 15.9 Å². The molecule has 1 rings (SSSR count). The monoisotopic (exact) mass is 304 g/mol. The van der Waals surface area contributed by atoms with E-state index in [9.17, 15) is 4.79 Å². The van der Waals surface area contributed by atoms with E-state index in [0.717, 1.165) is 6.16 Å². The van der Waals surface area contributed by atoms with Crippen LogP contribution in [0.4, 0.5) is 0 Å². The van der Waals surface area contributed by atoms with Crippen LogP contribution in [0.3, 0.4) is 0 Å². The van der Waals surface area contributed by atoms with Crippen molar-refractivity contribution in [3.05, 3.63) is 35.4 Å². The summed E-state index contributed by atoms with van der Waals surface area (Å²) in [4.78, 5) is 11.2. The van der Waals surface area contributed by atoms with Crippen LogP contribution in [0.25, 0.3) is 0 Å². The van der Waals surface area contributed by atoms with Crippen molar-refractivity contribution >= 4 is 26.8 Å². The normalized spacial score (nSPS) is 13.9. The molecule has 4 heteroatoms. The fourth-order valence-corrected chi connectivity index (χ4v) is 3.79.